The van der Waals surface area contributed by atoms with E-state index in [0.717, 1.165) is 12.0 Å². The lowest BCUT2D eigenvalue weighted by molar-refractivity contribution is -0.160. The Bertz CT molecular complexity index is 648. The van der Waals surface area contributed by atoms with E-state index in [9.17, 15) is 14.7 Å². The molecule has 0 aromatic rings. The number of esters is 2. The predicted octanol–water partition coefficient (Wildman–Crippen LogP) is 2.56. The SMILES string of the molecule is C=C1CC[C@H]2C(=C)C(=O)O[C@@H]2[C@H]2C(=C)[C@@H](O)[C@H](OC(=O)[C@H](C)CC)[C@@H]12. The number of ether oxygens (including phenoxy) is 2. The number of fused-ring (bicyclic) bond motifs is 3. The first-order valence-corrected chi connectivity index (χ1v) is 8.92. The van der Waals surface area contributed by atoms with Crippen molar-refractivity contribution in [2.45, 2.75) is 51.4 Å². The summed E-state index contributed by atoms with van der Waals surface area (Å²) in [6.07, 6.45) is -0.0615. The maximum atomic E-state index is 12.3. The Labute approximate surface area is 148 Å². The number of rotatable bonds is 3. The Morgan fingerprint density at radius 1 is 1.36 bits per heavy atom. The number of carbonyl (C=O) groups is 2. The van der Waals surface area contributed by atoms with E-state index in [1.165, 1.54) is 0 Å². The van der Waals surface area contributed by atoms with Crippen LogP contribution in [0.25, 0.3) is 0 Å². The molecule has 3 fully saturated rings. The number of hydrogen-bond acceptors (Lipinski definition) is 5. The molecule has 5 heteroatoms. The zero-order valence-electron chi connectivity index (χ0n) is 14.9. The molecule has 136 valence electrons. The average Bonchev–Trinajstić information content (AvgIpc) is 2.93. The summed E-state index contributed by atoms with van der Waals surface area (Å²) in [5.41, 5.74) is 1.93. The second-order valence-electron chi connectivity index (χ2n) is 7.48. The Balaban J connectivity index is 1.93. The Hall–Kier alpha value is -1.88. The van der Waals surface area contributed by atoms with E-state index in [1.807, 2.05) is 6.92 Å². The third-order valence-electron chi connectivity index (χ3n) is 6.08. The Kier molecular flexibility index (Phi) is 4.62. The van der Waals surface area contributed by atoms with Crippen molar-refractivity contribution >= 4 is 11.9 Å². The largest absolute Gasteiger partial charge is 0.458 e. The lowest BCUT2D eigenvalue weighted by Gasteiger charge is -2.28. The van der Waals surface area contributed by atoms with Gasteiger partial charge in [0, 0.05) is 23.3 Å². The van der Waals surface area contributed by atoms with Gasteiger partial charge in [-0.15, -0.1) is 0 Å². The average molecular weight is 346 g/mol. The zero-order chi connectivity index (χ0) is 18.5. The molecule has 0 aromatic carbocycles. The van der Waals surface area contributed by atoms with Crippen LogP contribution in [0.4, 0.5) is 0 Å². The molecule has 0 aromatic heterocycles. The van der Waals surface area contributed by atoms with Crippen molar-refractivity contribution in [3.8, 4) is 0 Å². The number of carbonyl (C=O) groups excluding carboxylic acids is 2. The Morgan fingerprint density at radius 3 is 2.68 bits per heavy atom. The predicted molar refractivity (Wildman–Crippen MR) is 92.3 cm³/mol. The van der Waals surface area contributed by atoms with Gasteiger partial charge in [0.2, 0.25) is 0 Å². The molecule has 0 bridgehead atoms. The van der Waals surface area contributed by atoms with Crippen LogP contribution in [-0.4, -0.2) is 35.4 Å². The molecule has 1 aliphatic heterocycles. The molecule has 2 aliphatic carbocycles. The van der Waals surface area contributed by atoms with Gasteiger partial charge in [0.25, 0.3) is 0 Å². The summed E-state index contributed by atoms with van der Waals surface area (Å²) in [7, 11) is 0. The standard InChI is InChI=1S/C20H26O5/c1-6-9(2)19(22)25-18-14-10(3)7-8-13-11(4)20(23)24-17(13)15(14)12(5)16(18)21/h9,13-18,21H,3-8H2,1-2H3/t9-,13+,14+,15+,16-,17+,18-/m1/s1. The van der Waals surface area contributed by atoms with E-state index in [1.54, 1.807) is 6.92 Å². The molecule has 1 N–H and O–H groups in total. The van der Waals surface area contributed by atoms with E-state index in [4.69, 9.17) is 9.47 Å². The van der Waals surface area contributed by atoms with Crippen LogP contribution in [0.1, 0.15) is 33.1 Å². The molecule has 2 saturated carbocycles. The van der Waals surface area contributed by atoms with Gasteiger partial charge in [-0.3, -0.25) is 4.79 Å². The molecule has 0 spiro atoms. The Morgan fingerprint density at radius 2 is 2.04 bits per heavy atom. The molecule has 0 radical (unpaired) electrons. The van der Waals surface area contributed by atoms with Crippen LogP contribution in [-0.2, 0) is 19.1 Å². The van der Waals surface area contributed by atoms with Crippen LogP contribution in [0.5, 0.6) is 0 Å². The van der Waals surface area contributed by atoms with Gasteiger partial charge in [0.05, 0.1) is 5.92 Å². The summed E-state index contributed by atoms with van der Waals surface area (Å²) >= 11 is 0. The van der Waals surface area contributed by atoms with Crippen molar-refractivity contribution < 1.29 is 24.2 Å². The first-order valence-electron chi connectivity index (χ1n) is 8.92. The first-order chi connectivity index (χ1) is 11.8. The molecular formula is C20H26O5. The minimum absolute atomic E-state index is 0.104. The molecule has 3 aliphatic rings. The molecule has 0 unspecified atom stereocenters. The summed E-state index contributed by atoms with van der Waals surface area (Å²) < 4.78 is 11.2. The summed E-state index contributed by atoms with van der Waals surface area (Å²) in [6, 6.07) is 0. The molecule has 25 heavy (non-hydrogen) atoms. The molecule has 7 atom stereocenters. The third-order valence-corrected chi connectivity index (χ3v) is 6.08. The van der Waals surface area contributed by atoms with Crippen molar-refractivity contribution in [2.24, 2.45) is 23.7 Å². The summed E-state index contributed by atoms with van der Waals surface area (Å²) in [5, 5.41) is 10.7. The van der Waals surface area contributed by atoms with Crippen molar-refractivity contribution in [3.63, 3.8) is 0 Å². The summed E-state index contributed by atoms with van der Waals surface area (Å²) in [4.78, 5) is 24.3. The van der Waals surface area contributed by atoms with Crippen LogP contribution >= 0.6 is 0 Å². The molecule has 1 saturated heterocycles. The van der Waals surface area contributed by atoms with Gasteiger partial charge in [-0.05, 0) is 24.8 Å². The molecule has 5 nitrogen and oxygen atoms in total. The molecular weight excluding hydrogens is 320 g/mol. The van der Waals surface area contributed by atoms with Crippen LogP contribution in [0.2, 0.25) is 0 Å². The fraction of sp³-hybridized carbons (Fsp3) is 0.600. The maximum absolute atomic E-state index is 12.3. The van der Waals surface area contributed by atoms with E-state index in [0.29, 0.717) is 24.0 Å². The minimum Gasteiger partial charge on any atom is -0.458 e. The van der Waals surface area contributed by atoms with E-state index in [-0.39, 0.29) is 35.6 Å². The van der Waals surface area contributed by atoms with E-state index < -0.39 is 18.3 Å². The van der Waals surface area contributed by atoms with Gasteiger partial charge in [0.1, 0.15) is 18.3 Å². The minimum atomic E-state index is -0.980. The van der Waals surface area contributed by atoms with Crippen molar-refractivity contribution in [2.75, 3.05) is 0 Å². The normalized spacial score (nSPS) is 38.7. The quantitative estimate of drug-likeness (QED) is 0.483. The van der Waals surface area contributed by atoms with Crippen LogP contribution in [0.3, 0.4) is 0 Å². The van der Waals surface area contributed by atoms with Gasteiger partial charge in [-0.2, -0.15) is 0 Å². The number of hydrogen-bond donors (Lipinski definition) is 1. The van der Waals surface area contributed by atoms with Gasteiger partial charge >= 0.3 is 11.9 Å². The van der Waals surface area contributed by atoms with Crippen LogP contribution in [0, 0.1) is 23.7 Å². The number of aliphatic hydroxyl groups excluding tert-OH is 1. The van der Waals surface area contributed by atoms with Gasteiger partial charge in [-0.25, -0.2) is 4.79 Å². The lowest BCUT2D eigenvalue weighted by atomic mass is 9.81. The highest BCUT2D eigenvalue weighted by atomic mass is 16.6. The second-order valence-corrected chi connectivity index (χ2v) is 7.48. The van der Waals surface area contributed by atoms with Crippen molar-refractivity contribution in [1.29, 1.82) is 0 Å². The third kappa shape index (κ3) is 2.74. The maximum Gasteiger partial charge on any atom is 0.334 e. The van der Waals surface area contributed by atoms with Gasteiger partial charge in [-0.1, -0.05) is 39.2 Å². The fourth-order valence-corrected chi connectivity index (χ4v) is 4.30. The van der Waals surface area contributed by atoms with Crippen LogP contribution in [0.15, 0.2) is 36.5 Å². The number of aliphatic hydroxyl groups is 1. The van der Waals surface area contributed by atoms with E-state index >= 15 is 0 Å². The van der Waals surface area contributed by atoms with E-state index in [2.05, 4.69) is 19.7 Å². The highest BCUT2D eigenvalue weighted by Crippen LogP contribution is 2.52. The second kappa shape index (κ2) is 6.45. The van der Waals surface area contributed by atoms with Gasteiger partial charge < -0.3 is 14.6 Å². The fourth-order valence-electron chi connectivity index (χ4n) is 4.30. The highest BCUT2D eigenvalue weighted by molar-refractivity contribution is 5.91. The lowest BCUT2D eigenvalue weighted by Crippen LogP contribution is -2.36. The molecule has 3 rings (SSSR count). The smallest absolute Gasteiger partial charge is 0.334 e. The molecule has 0 amide bonds. The summed E-state index contributed by atoms with van der Waals surface area (Å²) in [6.45, 7) is 15.8. The van der Waals surface area contributed by atoms with Gasteiger partial charge in [0.15, 0.2) is 0 Å². The monoisotopic (exact) mass is 346 g/mol. The highest BCUT2D eigenvalue weighted by Gasteiger charge is 2.58. The summed E-state index contributed by atoms with van der Waals surface area (Å²) in [5.74, 6) is -1.65. The first kappa shape index (κ1) is 17.9. The molecule has 1 heterocycles. The van der Waals surface area contributed by atoms with Crippen LogP contribution < -0.4 is 0 Å². The topological polar surface area (TPSA) is 72.8 Å². The van der Waals surface area contributed by atoms with Crippen molar-refractivity contribution in [3.05, 3.63) is 36.5 Å². The van der Waals surface area contributed by atoms with Crippen molar-refractivity contribution in [1.82, 2.24) is 0 Å². The zero-order valence-corrected chi connectivity index (χ0v) is 14.9.